The van der Waals surface area contributed by atoms with Gasteiger partial charge in [-0.15, -0.1) is 0 Å². The second-order valence-corrected chi connectivity index (χ2v) is 7.45. The Labute approximate surface area is 169 Å². The monoisotopic (exact) mass is 393 g/mol. The van der Waals surface area contributed by atoms with Crippen LogP contribution in [0.5, 0.6) is 0 Å². The molecule has 3 rings (SSSR count). The second-order valence-electron chi connectivity index (χ2n) is 7.45. The Balaban J connectivity index is 1.98. The summed E-state index contributed by atoms with van der Waals surface area (Å²) in [6.45, 7) is 6.43. The van der Waals surface area contributed by atoms with Crippen molar-refractivity contribution in [3.63, 3.8) is 0 Å². The fourth-order valence-corrected chi connectivity index (χ4v) is 3.29. The van der Waals surface area contributed by atoms with Crippen molar-refractivity contribution < 1.29 is 4.79 Å². The summed E-state index contributed by atoms with van der Waals surface area (Å²) < 4.78 is 2.93. The standard InChI is InChI=1S/C23H27N3O3/c1-4-17(3)24-21(27)13-14-25-19-7-5-6-8-20(19)26(23(29)22(25)28)15-18-11-9-16(2)10-12-18/h5-12,17H,4,13-15H2,1-3H3,(H,24,27)/t17-/m1/s1. The molecule has 29 heavy (non-hydrogen) atoms. The molecule has 0 unspecified atom stereocenters. The molecule has 0 radical (unpaired) electrons. The molecule has 0 aliphatic carbocycles. The smallest absolute Gasteiger partial charge is 0.317 e. The van der Waals surface area contributed by atoms with E-state index in [-0.39, 0.29) is 24.9 Å². The Hall–Kier alpha value is -3.15. The normalized spacial score (nSPS) is 12.1. The summed E-state index contributed by atoms with van der Waals surface area (Å²) in [6.07, 6.45) is 0.985. The highest BCUT2D eigenvalue weighted by molar-refractivity contribution is 5.77. The summed E-state index contributed by atoms with van der Waals surface area (Å²) in [5.41, 5.74) is 2.24. The largest absolute Gasteiger partial charge is 0.354 e. The second kappa shape index (κ2) is 8.90. The Morgan fingerprint density at radius 3 is 2.17 bits per heavy atom. The topological polar surface area (TPSA) is 73.1 Å². The Bertz CT molecular complexity index is 1130. The number of carbonyl (C=O) groups excluding carboxylic acids is 1. The Morgan fingerprint density at radius 1 is 0.966 bits per heavy atom. The van der Waals surface area contributed by atoms with Crippen LogP contribution in [0.1, 0.15) is 37.8 Å². The SMILES string of the molecule is CC[C@@H](C)NC(=O)CCn1c(=O)c(=O)n(Cc2ccc(C)cc2)c2ccccc21. The first-order valence-electron chi connectivity index (χ1n) is 9.98. The molecule has 1 N–H and O–H groups in total. The fourth-order valence-electron chi connectivity index (χ4n) is 3.29. The van der Waals surface area contributed by atoms with Gasteiger partial charge >= 0.3 is 11.1 Å². The number of carbonyl (C=O) groups is 1. The first-order valence-corrected chi connectivity index (χ1v) is 9.98. The third kappa shape index (κ3) is 4.65. The van der Waals surface area contributed by atoms with Crippen LogP contribution in [0, 0.1) is 6.92 Å². The summed E-state index contributed by atoms with van der Waals surface area (Å²) in [7, 11) is 0. The summed E-state index contributed by atoms with van der Waals surface area (Å²) in [5, 5.41) is 2.89. The Kier molecular flexibility index (Phi) is 6.32. The summed E-state index contributed by atoms with van der Waals surface area (Å²) in [6, 6.07) is 15.3. The minimum atomic E-state index is -0.604. The summed E-state index contributed by atoms with van der Waals surface area (Å²) in [4.78, 5) is 37.9. The zero-order chi connectivity index (χ0) is 21.0. The van der Waals surface area contributed by atoms with Gasteiger partial charge in [0.15, 0.2) is 0 Å². The molecule has 1 aromatic heterocycles. The van der Waals surface area contributed by atoms with E-state index in [9.17, 15) is 14.4 Å². The maximum atomic E-state index is 12.9. The maximum absolute atomic E-state index is 12.9. The number of fused-ring (bicyclic) bond motifs is 1. The van der Waals surface area contributed by atoms with Crippen molar-refractivity contribution in [3.8, 4) is 0 Å². The van der Waals surface area contributed by atoms with E-state index in [1.54, 1.807) is 0 Å². The van der Waals surface area contributed by atoms with Crippen LogP contribution in [0.25, 0.3) is 11.0 Å². The third-order valence-corrected chi connectivity index (χ3v) is 5.18. The zero-order valence-electron chi connectivity index (χ0n) is 17.1. The van der Waals surface area contributed by atoms with E-state index in [1.807, 2.05) is 69.3 Å². The van der Waals surface area contributed by atoms with Crippen LogP contribution in [-0.2, 0) is 17.9 Å². The quantitative estimate of drug-likeness (QED) is 0.628. The van der Waals surface area contributed by atoms with Crippen molar-refractivity contribution in [2.24, 2.45) is 0 Å². The van der Waals surface area contributed by atoms with Crippen LogP contribution in [0.15, 0.2) is 58.1 Å². The van der Waals surface area contributed by atoms with Gasteiger partial charge < -0.3 is 9.88 Å². The lowest BCUT2D eigenvalue weighted by atomic mass is 10.1. The molecule has 6 nitrogen and oxygen atoms in total. The van der Waals surface area contributed by atoms with Gasteiger partial charge in [0.05, 0.1) is 17.6 Å². The molecule has 2 aromatic carbocycles. The minimum absolute atomic E-state index is 0.0819. The summed E-state index contributed by atoms with van der Waals surface area (Å²) >= 11 is 0. The molecule has 0 aliphatic heterocycles. The number of rotatable bonds is 7. The highest BCUT2D eigenvalue weighted by Gasteiger charge is 2.14. The van der Waals surface area contributed by atoms with E-state index in [4.69, 9.17) is 0 Å². The van der Waals surface area contributed by atoms with E-state index in [2.05, 4.69) is 5.32 Å². The predicted molar refractivity (Wildman–Crippen MR) is 115 cm³/mol. The van der Waals surface area contributed by atoms with Gasteiger partial charge in [-0.2, -0.15) is 0 Å². The lowest BCUT2D eigenvalue weighted by Gasteiger charge is -2.16. The minimum Gasteiger partial charge on any atom is -0.354 e. The van der Waals surface area contributed by atoms with E-state index in [0.717, 1.165) is 17.5 Å². The lowest BCUT2D eigenvalue weighted by Crippen LogP contribution is -2.42. The maximum Gasteiger partial charge on any atom is 0.317 e. The molecular formula is C23H27N3O3. The number of hydrogen-bond donors (Lipinski definition) is 1. The number of benzene rings is 2. The van der Waals surface area contributed by atoms with Crippen LogP contribution < -0.4 is 16.4 Å². The molecule has 1 atom stereocenters. The highest BCUT2D eigenvalue weighted by atomic mass is 16.2. The van der Waals surface area contributed by atoms with Gasteiger partial charge in [0, 0.05) is 19.0 Å². The number of nitrogens with zero attached hydrogens (tertiary/aromatic N) is 2. The number of hydrogen-bond acceptors (Lipinski definition) is 3. The first kappa shape index (κ1) is 20.6. The summed E-state index contributed by atoms with van der Waals surface area (Å²) in [5.74, 6) is -0.126. The molecule has 6 heteroatoms. The zero-order valence-corrected chi connectivity index (χ0v) is 17.1. The number of nitrogens with one attached hydrogen (secondary N) is 1. The van der Waals surface area contributed by atoms with Crippen LogP contribution in [0.4, 0.5) is 0 Å². The van der Waals surface area contributed by atoms with Gasteiger partial charge in [0.25, 0.3) is 0 Å². The average Bonchev–Trinajstić information content (AvgIpc) is 2.72. The van der Waals surface area contributed by atoms with Crippen LogP contribution in [0.2, 0.25) is 0 Å². The van der Waals surface area contributed by atoms with E-state index < -0.39 is 11.1 Å². The van der Waals surface area contributed by atoms with E-state index in [1.165, 1.54) is 9.13 Å². The molecule has 152 valence electrons. The molecule has 0 aliphatic rings. The molecule has 0 bridgehead atoms. The van der Waals surface area contributed by atoms with Gasteiger partial charge in [-0.3, -0.25) is 19.0 Å². The van der Waals surface area contributed by atoms with E-state index >= 15 is 0 Å². The van der Waals surface area contributed by atoms with Crippen molar-refractivity contribution in [1.29, 1.82) is 0 Å². The van der Waals surface area contributed by atoms with Crippen molar-refractivity contribution in [1.82, 2.24) is 14.5 Å². The van der Waals surface area contributed by atoms with E-state index in [0.29, 0.717) is 17.6 Å². The number of amides is 1. The Morgan fingerprint density at radius 2 is 1.55 bits per heavy atom. The van der Waals surface area contributed by atoms with Crippen molar-refractivity contribution >= 4 is 16.9 Å². The molecule has 0 spiro atoms. The number of para-hydroxylation sites is 2. The van der Waals surface area contributed by atoms with Crippen LogP contribution >= 0.6 is 0 Å². The third-order valence-electron chi connectivity index (χ3n) is 5.18. The van der Waals surface area contributed by atoms with Crippen molar-refractivity contribution in [2.45, 2.75) is 52.7 Å². The molecule has 1 heterocycles. The van der Waals surface area contributed by atoms with Gasteiger partial charge in [-0.05, 0) is 38.0 Å². The molecule has 3 aromatic rings. The first-order chi connectivity index (χ1) is 13.9. The van der Waals surface area contributed by atoms with Crippen molar-refractivity contribution in [2.75, 3.05) is 0 Å². The molecule has 0 fully saturated rings. The molecule has 1 amide bonds. The van der Waals surface area contributed by atoms with Gasteiger partial charge in [0.2, 0.25) is 5.91 Å². The fraction of sp³-hybridized carbons (Fsp3) is 0.348. The van der Waals surface area contributed by atoms with Gasteiger partial charge in [0.1, 0.15) is 0 Å². The lowest BCUT2D eigenvalue weighted by molar-refractivity contribution is -0.121. The van der Waals surface area contributed by atoms with Gasteiger partial charge in [-0.1, -0.05) is 48.9 Å². The molecule has 0 saturated carbocycles. The van der Waals surface area contributed by atoms with Crippen LogP contribution in [-0.4, -0.2) is 21.1 Å². The molecular weight excluding hydrogens is 366 g/mol. The number of aromatic nitrogens is 2. The average molecular weight is 393 g/mol. The van der Waals surface area contributed by atoms with Gasteiger partial charge in [-0.25, -0.2) is 0 Å². The van der Waals surface area contributed by atoms with Crippen LogP contribution in [0.3, 0.4) is 0 Å². The highest BCUT2D eigenvalue weighted by Crippen LogP contribution is 2.13. The number of aryl methyl sites for hydroxylation is 2. The van der Waals surface area contributed by atoms with Crippen molar-refractivity contribution in [3.05, 3.63) is 80.4 Å². The molecule has 0 saturated heterocycles. The predicted octanol–water partition coefficient (Wildman–Crippen LogP) is 2.82.